The Morgan fingerprint density at radius 2 is 2.00 bits per heavy atom. The van der Waals surface area contributed by atoms with E-state index in [1.165, 1.54) is 12.1 Å². The molecule has 1 unspecified atom stereocenters. The molecule has 4 heteroatoms. The molecule has 0 aliphatic carbocycles. The molecule has 0 radical (unpaired) electrons. The molecule has 1 atom stereocenters. The summed E-state index contributed by atoms with van der Waals surface area (Å²) in [5.41, 5.74) is 0.743. The predicted octanol–water partition coefficient (Wildman–Crippen LogP) is 1.20. The number of aromatic hydroxyl groups is 2. The van der Waals surface area contributed by atoms with Crippen molar-refractivity contribution in [1.82, 2.24) is 0 Å². The summed E-state index contributed by atoms with van der Waals surface area (Å²) >= 11 is 0. The number of hydrogen-bond donors (Lipinski definition) is 2. The number of rotatable bonds is 0. The summed E-state index contributed by atoms with van der Waals surface area (Å²) in [5.74, 6) is -0.627. The van der Waals surface area contributed by atoms with Crippen LogP contribution >= 0.6 is 0 Å². The smallest absolute Gasteiger partial charge is 0.314 e. The average Bonchev–Trinajstić information content (AvgIpc) is 2.11. The Morgan fingerprint density at radius 3 is 2.71 bits per heavy atom. The van der Waals surface area contributed by atoms with Crippen LogP contribution in [0, 0.1) is 5.92 Å². The van der Waals surface area contributed by atoms with Crippen LogP contribution in [0.3, 0.4) is 0 Å². The topological polar surface area (TPSA) is 66.8 Å². The molecular weight excluding hydrogens is 184 g/mol. The zero-order chi connectivity index (χ0) is 10.3. The first-order valence-electron chi connectivity index (χ1n) is 4.34. The summed E-state index contributed by atoms with van der Waals surface area (Å²) < 4.78 is 4.97. The Hall–Kier alpha value is -1.71. The molecule has 0 aromatic heterocycles. The Morgan fingerprint density at radius 1 is 1.36 bits per heavy atom. The highest BCUT2D eigenvalue weighted by Crippen LogP contribution is 2.36. The molecule has 0 amide bonds. The van der Waals surface area contributed by atoms with Gasteiger partial charge in [0.15, 0.2) is 11.5 Å². The Balaban J connectivity index is 2.47. The summed E-state index contributed by atoms with van der Waals surface area (Å²) in [6.45, 7) is 1.76. The van der Waals surface area contributed by atoms with Crippen LogP contribution in [0.2, 0.25) is 0 Å². The lowest BCUT2D eigenvalue weighted by molar-refractivity contribution is -0.139. The van der Waals surface area contributed by atoms with E-state index < -0.39 is 0 Å². The van der Waals surface area contributed by atoms with Crippen molar-refractivity contribution in [3.63, 3.8) is 0 Å². The molecule has 1 aliphatic heterocycles. The van der Waals surface area contributed by atoms with Crippen LogP contribution in [0.15, 0.2) is 12.1 Å². The third kappa shape index (κ3) is 1.28. The second-order valence-electron chi connectivity index (χ2n) is 3.47. The number of ether oxygens (including phenoxy) is 1. The van der Waals surface area contributed by atoms with Crippen molar-refractivity contribution in [2.45, 2.75) is 13.3 Å². The fraction of sp³-hybridized carbons (Fsp3) is 0.300. The third-order valence-electron chi connectivity index (χ3n) is 2.30. The second-order valence-corrected chi connectivity index (χ2v) is 3.47. The van der Waals surface area contributed by atoms with E-state index in [-0.39, 0.29) is 23.4 Å². The largest absolute Gasteiger partial charge is 0.504 e. The lowest BCUT2D eigenvalue weighted by atomic mass is 9.97. The van der Waals surface area contributed by atoms with Crippen molar-refractivity contribution < 1.29 is 19.7 Å². The van der Waals surface area contributed by atoms with E-state index in [2.05, 4.69) is 0 Å². The van der Waals surface area contributed by atoms with E-state index in [0.29, 0.717) is 12.2 Å². The van der Waals surface area contributed by atoms with Gasteiger partial charge in [-0.3, -0.25) is 4.79 Å². The van der Waals surface area contributed by atoms with E-state index in [1.54, 1.807) is 6.92 Å². The van der Waals surface area contributed by atoms with E-state index in [9.17, 15) is 15.0 Å². The molecule has 4 nitrogen and oxygen atoms in total. The normalized spacial score (nSPS) is 20.1. The van der Waals surface area contributed by atoms with E-state index in [0.717, 1.165) is 5.56 Å². The zero-order valence-electron chi connectivity index (χ0n) is 7.65. The van der Waals surface area contributed by atoms with E-state index in [1.807, 2.05) is 0 Å². The minimum atomic E-state index is -0.303. The number of hydrogen-bond acceptors (Lipinski definition) is 4. The van der Waals surface area contributed by atoms with Gasteiger partial charge in [-0.05, 0) is 18.1 Å². The molecule has 74 valence electrons. The fourth-order valence-corrected chi connectivity index (χ4v) is 1.48. The van der Waals surface area contributed by atoms with Crippen LogP contribution in [0.4, 0.5) is 0 Å². The van der Waals surface area contributed by atoms with Crippen molar-refractivity contribution >= 4 is 5.97 Å². The monoisotopic (exact) mass is 194 g/mol. The van der Waals surface area contributed by atoms with Crippen LogP contribution in [0.1, 0.15) is 12.5 Å². The van der Waals surface area contributed by atoms with Crippen LogP contribution in [0.5, 0.6) is 17.2 Å². The lowest BCUT2D eigenvalue weighted by Gasteiger charge is -2.20. The summed E-state index contributed by atoms with van der Waals surface area (Å²) in [5, 5.41) is 18.4. The maximum atomic E-state index is 11.2. The predicted molar refractivity (Wildman–Crippen MR) is 48.3 cm³/mol. The summed E-state index contributed by atoms with van der Waals surface area (Å²) in [6, 6.07) is 2.68. The minimum Gasteiger partial charge on any atom is -0.504 e. The summed E-state index contributed by atoms with van der Waals surface area (Å²) in [4.78, 5) is 11.2. The van der Waals surface area contributed by atoms with Crippen LogP contribution in [-0.2, 0) is 11.2 Å². The molecule has 1 heterocycles. The highest BCUT2D eigenvalue weighted by molar-refractivity contribution is 5.78. The van der Waals surface area contributed by atoms with Gasteiger partial charge in [0.25, 0.3) is 0 Å². The van der Waals surface area contributed by atoms with Crippen LogP contribution in [-0.4, -0.2) is 16.2 Å². The van der Waals surface area contributed by atoms with Crippen molar-refractivity contribution in [2.75, 3.05) is 0 Å². The number of phenols is 2. The number of fused-ring (bicyclic) bond motifs is 1. The van der Waals surface area contributed by atoms with Crippen molar-refractivity contribution in [1.29, 1.82) is 0 Å². The molecule has 0 saturated heterocycles. The Kier molecular flexibility index (Phi) is 1.84. The number of carbonyl (C=O) groups is 1. The zero-order valence-corrected chi connectivity index (χ0v) is 7.65. The third-order valence-corrected chi connectivity index (χ3v) is 2.30. The van der Waals surface area contributed by atoms with E-state index >= 15 is 0 Å². The molecule has 2 rings (SSSR count). The van der Waals surface area contributed by atoms with E-state index in [4.69, 9.17) is 4.74 Å². The molecule has 1 aliphatic rings. The van der Waals surface area contributed by atoms with Crippen LogP contribution < -0.4 is 4.74 Å². The average molecular weight is 194 g/mol. The number of esters is 1. The first kappa shape index (κ1) is 8.87. The quantitative estimate of drug-likeness (QED) is 0.370. The number of benzene rings is 1. The standard InChI is InChI=1S/C10H10O4/c1-5-2-6-3-7(11)8(12)4-9(6)14-10(5)13/h3-5,11-12H,2H2,1H3. The maximum absolute atomic E-state index is 11.2. The summed E-state index contributed by atoms with van der Waals surface area (Å²) in [6.07, 6.45) is 0.530. The minimum absolute atomic E-state index is 0.186. The van der Waals surface area contributed by atoms with Gasteiger partial charge in [-0.25, -0.2) is 0 Å². The molecule has 1 aromatic rings. The molecule has 0 saturated carbocycles. The van der Waals surface area contributed by atoms with Gasteiger partial charge in [0.1, 0.15) is 5.75 Å². The molecule has 0 bridgehead atoms. The molecular formula is C10H10O4. The molecule has 0 spiro atoms. The fourth-order valence-electron chi connectivity index (χ4n) is 1.48. The van der Waals surface area contributed by atoms with Gasteiger partial charge < -0.3 is 14.9 Å². The summed E-state index contributed by atoms with van der Waals surface area (Å²) in [7, 11) is 0. The van der Waals surface area contributed by atoms with Gasteiger partial charge in [-0.1, -0.05) is 6.92 Å². The van der Waals surface area contributed by atoms with Crippen molar-refractivity contribution in [2.24, 2.45) is 5.92 Å². The Labute approximate surface area is 80.7 Å². The molecule has 1 aromatic carbocycles. The molecule has 0 fully saturated rings. The first-order chi connectivity index (χ1) is 6.58. The molecule has 14 heavy (non-hydrogen) atoms. The second kappa shape index (κ2) is 2.90. The van der Waals surface area contributed by atoms with Gasteiger partial charge in [0, 0.05) is 6.07 Å². The first-order valence-corrected chi connectivity index (χ1v) is 4.34. The van der Waals surface area contributed by atoms with Gasteiger partial charge in [-0.15, -0.1) is 0 Å². The van der Waals surface area contributed by atoms with Crippen LogP contribution in [0.25, 0.3) is 0 Å². The maximum Gasteiger partial charge on any atom is 0.314 e. The van der Waals surface area contributed by atoms with Crippen molar-refractivity contribution in [3.05, 3.63) is 17.7 Å². The van der Waals surface area contributed by atoms with Gasteiger partial charge >= 0.3 is 5.97 Å². The van der Waals surface area contributed by atoms with Gasteiger partial charge in [0.2, 0.25) is 0 Å². The Bertz CT molecular complexity index is 397. The van der Waals surface area contributed by atoms with Gasteiger partial charge in [-0.2, -0.15) is 0 Å². The van der Waals surface area contributed by atoms with Crippen molar-refractivity contribution in [3.8, 4) is 17.2 Å². The number of carbonyl (C=O) groups excluding carboxylic acids is 1. The van der Waals surface area contributed by atoms with Gasteiger partial charge in [0.05, 0.1) is 5.92 Å². The lowest BCUT2D eigenvalue weighted by Crippen LogP contribution is -2.25. The number of phenolic OH excluding ortho intramolecular Hbond substituents is 2. The SMILES string of the molecule is CC1Cc2cc(O)c(O)cc2OC1=O. The highest BCUT2D eigenvalue weighted by Gasteiger charge is 2.25. The molecule has 2 N–H and O–H groups in total. The highest BCUT2D eigenvalue weighted by atomic mass is 16.5.